The fourth-order valence-corrected chi connectivity index (χ4v) is 4.91. The second-order valence-corrected chi connectivity index (χ2v) is 9.40. The fraction of sp³-hybridized carbons (Fsp3) is 0.481. The molecule has 2 saturated heterocycles. The molecule has 2 unspecified atom stereocenters. The predicted octanol–water partition coefficient (Wildman–Crippen LogP) is 5.57. The summed E-state index contributed by atoms with van der Waals surface area (Å²) in [6, 6.07) is 19.8. The van der Waals surface area contributed by atoms with E-state index in [0.717, 1.165) is 45.4 Å². The molecule has 2 aliphatic rings. The number of rotatable bonds is 8. The maximum absolute atomic E-state index is 9.33. The first-order chi connectivity index (χ1) is 18.1. The average Bonchev–Trinajstić information content (AvgIpc) is 2.95. The highest BCUT2D eigenvalue weighted by Gasteiger charge is 2.31. The molecule has 0 amide bonds. The van der Waals surface area contributed by atoms with Gasteiger partial charge in [0.05, 0.1) is 31.1 Å². The molecule has 2 aromatic carbocycles. The highest BCUT2D eigenvalue weighted by molar-refractivity contribution is 5.52. The van der Waals surface area contributed by atoms with Crippen LogP contribution in [-0.4, -0.2) is 65.0 Å². The maximum Gasteiger partial charge on any atom is 0.105 e. The highest BCUT2D eigenvalue weighted by Crippen LogP contribution is 2.25. The molecule has 0 aromatic heterocycles. The Bertz CT molecular complexity index is 1090. The molecule has 2 heterocycles. The summed E-state index contributed by atoms with van der Waals surface area (Å²) in [5, 5.41) is 40.4. The van der Waals surface area contributed by atoms with Crippen LogP contribution in [0.4, 0.5) is 11.4 Å². The maximum atomic E-state index is 9.33. The van der Waals surface area contributed by atoms with Crippen LogP contribution < -0.4 is 0 Å². The Kier molecular flexibility index (Phi) is 9.14. The zero-order chi connectivity index (χ0) is 26.0. The summed E-state index contributed by atoms with van der Waals surface area (Å²) < 4.78 is 0. The van der Waals surface area contributed by atoms with Crippen molar-refractivity contribution in [2.24, 2.45) is 20.7 Å². The van der Waals surface area contributed by atoms with Gasteiger partial charge in [0.1, 0.15) is 23.5 Å². The molecule has 192 valence electrons. The van der Waals surface area contributed by atoms with Crippen LogP contribution in [0.2, 0.25) is 0 Å². The van der Waals surface area contributed by atoms with Gasteiger partial charge in [-0.3, -0.25) is 19.8 Å². The van der Waals surface area contributed by atoms with Gasteiger partial charge >= 0.3 is 0 Å². The largest absolute Gasteiger partial charge is 0.268 e. The van der Waals surface area contributed by atoms with Gasteiger partial charge in [-0.2, -0.15) is 10.5 Å². The second-order valence-electron chi connectivity index (χ2n) is 9.40. The molecule has 37 heavy (non-hydrogen) atoms. The van der Waals surface area contributed by atoms with E-state index in [-0.39, 0.29) is 0 Å². The first-order valence-corrected chi connectivity index (χ1v) is 12.9. The minimum atomic E-state index is 0.467. The Balaban J connectivity index is 1.43. The lowest BCUT2D eigenvalue weighted by Gasteiger charge is -2.46. The van der Waals surface area contributed by atoms with E-state index in [1.807, 2.05) is 46.4 Å². The van der Waals surface area contributed by atoms with Crippen LogP contribution in [0.25, 0.3) is 0 Å². The van der Waals surface area contributed by atoms with Crippen molar-refractivity contribution >= 4 is 11.4 Å². The monoisotopic (exact) mass is 498 g/mol. The molecule has 0 radical (unpaired) electrons. The molecule has 2 aliphatic heterocycles. The van der Waals surface area contributed by atoms with Crippen molar-refractivity contribution in [1.29, 1.82) is 10.5 Å². The minimum absolute atomic E-state index is 0.467. The van der Waals surface area contributed by atoms with Crippen molar-refractivity contribution in [2.45, 2.75) is 51.6 Å². The Labute approximate surface area is 219 Å². The average molecular weight is 499 g/mol. The van der Waals surface area contributed by atoms with Crippen LogP contribution in [0.3, 0.4) is 0 Å². The molecule has 2 aromatic rings. The Morgan fingerprint density at radius 1 is 0.730 bits per heavy atom. The fourth-order valence-electron chi connectivity index (χ4n) is 4.91. The molecule has 2 fully saturated rings. The second kappa shape index (κ2) is 12.9. The third-order valence-corrected chi connectivity index (χ3v) is 7.08. The van der Waals surface area contributed by atoms with Crippen LogP contribution in [0.5, 0.6) is 0 Å². The molecule has 0 aliphatic carbocycles. The highest BCUT2D eigenvalue weighted by atomic mass is 15.6. The first-order valence-electron chi connectivity index (χ1n) is 12.9. The molecule has 0 bridgehead atoms. The van der Waals surface area contributed by atoms with Crippen molar-refractivity contribution in [2.75, 3.05) is 33.1 Å². The van der Waals surface area contributed by atoms with Crippen LogP contribution in [-0.2, 0) is 0 Å². The van der Waals surface area contributed by atoms with E-state index in [4.69, 9.17) is 0 Å². The quantitative estimate of drug-likeness (QED) is 0.440. The molecule has 10 heteroatoms. The number of hydrogen-bond acceptors (Lipinski definition) is 8. The number of hydrogen-bond donors (Lipinski definition) is 0. The zero-order valence-electron chi connectivity index (χ0n) is 21.6. The molecule has 0 saturated carbocycles. The molecular weight excluding hydrogens is 464 g/mol. The van der Waals surface area contributed by atoms with Crippen LogP contribution >= 0.6 is 0 Å². The van der Waals surface area contributed by atoms with Gasteiger partial charge in [-0.25, -0.2) is 0 Å². The third-order valence-electron chi connectivity index (χ3n) is 7.08. The Morgan fingerprint density at radius 2 is 1.16 bits per heavy atom. The lowest BCUT2D eigenvalue weighted by molar-refractivity contribution is -0.0546. The molecule has 0 spiro atoms. The smallest absolute Gasteiger partial charge is 0.105 e. The number of nitriles is 2. The van der Waals surface area contributed by atoms with Gasteiger partial charge in [0.15, 0.2) is 0 Å². The lowest BCUT2D eigenvalue weighted by atomic mass is 10.1. The van der Waals surface area contributed by atoms with E-state index in [1.165, 1.54) is 0 Å². The normalized spacial score (nSPS) is 21.4. The van der Waals surface area contributed by atoms with Crippen molar-refractivity contribution in [1.82, 2.24) is 19.8 Å². The summed E-state index contributed by atoms with van der Waals surface area (Å²) in [6.07, 6.45) is 4.16. The van der Waals surface area contributed by atoms with Gasteiger partial charge in [0.25, 0.3) is 0 Å². The van der Waals surface area contributed by atoms with Gasteiger partial charge in [-0.05, 0) is 49.9 Å². The van der Waals surface area contributed by atoms with Gasteiger partial charge in [0, 0.05) is 25.2 Å². The Hall–Kier alpha value is -3.86. The zero-order valence-corrected chi connectivity index (χ0v) is 21.6. The van der Waals surface area contributed by atoms with Gasteiger partial charge in [-0.15, -0.1) is 10.2 Å². The van der Waals surface area contributed by atoms with E-state index in [2.05, 4.69) is 56.5 Å². The van der Waals surface area contributed by atoms with E-state index in [9.17, 15) is 10.5 Å². The summed E-state index contributed by atoms with van der Waals surface area (Å²) in [5.41, 5.74) is 2.24. The van der Waals surface area contributed by atoms with Crippen LogP contribution in [0, 0.1) is 22.7 Å². The topological polar surface area (TPSA) is 110 Å². The minimum Gasteiger partial charge on any atom is -0.268 e. The molecule has 4 rings (SSSR count). The van der Waals surface area contributed by atoms with E-state index >= 15 is 0 Å². The number of benzene rings is 2. The summed E-state index contributed by atoms with van der Waals surface area (Å²) in [6.45, 7) is 8.31. The van der Waals surface area contributed by atoms with Crippen molar-refractivity contribution < 1.29 is 0 Å². The summed E-state index contributed by atoms with van der Waals surface area (Å²) in [4.78, 5) is 4.93. The molecule has 0 N–H and O–H groups in total. The van der Waals surface area contributed by atoms with E-state index in [0.29, 0.717) is 47.9 Å². The standard InChI is InChI=1S/C27H34N10/c1-3-24-13-15-36(32-30-26-11-7-5-9-22(26)17-28)20-34(24)19-35-21-37(16-14-25(35)4-2)33-31-27-12-8-6-10-23(27)18-29/h5-12,24-25H,3-4,13-16,19-21H2,1-2H3. The van der Waals surface area contributed by atoms with Gasteiger partial charge in [0.2, 0.25) is 0 Å². The molecular formula is C27H34N10. The van der Waals surface area contributed by atoms with Crippen molar-refractivity contribution in [3.05, 3.63) is 59.7 Å². The third kappa shape index (κ3) is 6.67. The lowest BCUT2D eigenvalue weighted by Crippen LogP contribution is -2.57. The van der Waals surface area contributed by atoms with Crippen LogP contribution in [0.1, 0.15) is 50.7 Å². The predicted molar refractivity (Wildman–Crippen MR) is 140 cm³/mol. The first kappa shape index (κ1) is 26.2. The Morgan fingerprint density at radius 3 is 1.57 bits per heavy atom. The molecule has 2 atom stereocenters. The van der Waals surface area contributed by atoms with E-state index in [1.54, 1.807) is 12.1 Å². The summed E-state index contributed by atoms with van der Waals surface area (Å²) in [5.74, 6) is 0. The molecule has 10 nitrogen and oxygen atoms in total. The van der Waals surface area contributed by atoms with Crippen molar-refractivity contribution in [3.8, 4) is 12.1 Å². The summed E-state index contributed by atoms with van der Waals surface area (Å²) in [7, 11) is 0. The van der Waals surface area contributed by atoms with Crippen molar-refractivity contribution in [3.63, 3.8) is 0 Å². The van der Waals surface area contributed by atoms with E-state index < -0.39 is 0 Å². The van der Waals surface area contributed by atoms with Gasteiger partial charge < -0.3 is 0 Å². The van der Waals surface area contributed by atoms with Crippen LogP contribution in [0.15, 0.2) is 69.2 Å². The summed E-state index contributed by atoms with van der Waals surface area (Å²) >= 11 is 0. The SMILES string of the molecule is CCC1CCN(N=Nc2ccccc2C#N)CN1CN1CN(N=Nc2ccccc2C#N)CCC1CC. The van der Waals surface area contributed by atoms with Gasteiger partial charge in [-0.1, -0.05) is 48.6 Å². The number of nitrogens with zero attached hydrogens (tertiary/aromatic N) is 10.